The van der Waals surface area contributed by atoms with Crippen molar-refractivity contribution in [2.24, 2.45) is 5.92 Å². The molecule has 0 bridgehead atoms. The highest BCUT2D eigenvalue weighted by atomic mass is 32.2. The van der Waals surface area contributed by atoms with Crippen molar-refractivity contribution in [3.8, 4) is 0 Å². The van der Waals surface area contributed by atoms with Crippen LogP contribution in [0.2, 0.25) is 0 Å². The Balaban J connectivity index is 1.59. The van der Waals surface area contributed by atoms with Gasteiger partial charge in [-0.05, 0) is 36.8 Å². The van der Waals surface area contributed by atoms with E-state index in [2.05, 4.69) is 29.8 Å². The lowest BCUT2D eigenvalue weighted by Crippen LogP contribution is -2.24. The standard InChI is InChI=1S/C11H17NS2/c1-9(7-12-10-4-5-10)8-14-11-3-2-6-13-11/h2-3,6,9-10,12H,4-5,7-8H2,1H3. The van der Waals surface area contributed by atoms with Gasteiger partial charge in [-0.25, -0.2) is 0 Å². The van der Waals surface area contributed by atoms with Crippen LogP contribution < -0.4 is 5.32 Å². The summed E-state index contributed by atoms with van der Waals surface area (Å²) in [7, 11) is 0. The molecule has 14 heavy (non-hydrogen) atoms. The summed E-state index contributed by atoms with van der Waals surface area (Å²) >= 11 is 3.83. The second kappa shape index (κ2) is 5.19. The average Bonchev–Trinajstić information content (AvgIpc) is 2.87. The minimum atomic E-state index is 0.780. The third-order valence-corrected chi connectivity index (χ3v) is 4.80. The SMILES string of the molecule is CC(CNC1CC1)CSc1cccs1. The fourth-order valence-corrected chi connectivity index (χ4v) is 3.12. The Labute approximate surface area is 94.3 Å². The van der Waals surface area contributed by atoms with Crippen molar-refractivity contribution in [1.82, 2.24) is 5.32 Å². The van der Waals surface area contributed by atoms with Gasteiger partial charge in [-0.2, -0.15) is 0 Å². The number of nitrogens with one attached hydrogen (secondary N) is 1. The van der Waals surface area contributed by atoms with Gasteiger partial charge in [0, 0.05) is 11.8 Å². The maximum atomic E-state index is 3.58. The Morgan fingerprint density at radius 1 is 1.64 bits per heavy atom. The first-order valence-electron chi connectivity index (χ1n) is 5.24. The van der Waals surface area contributed by atoms with E-state index in [1.165, 1.54) is 29.3 Å². The maximum absolute atomic E-state index is 3.58. The monoisotopic (exact) mass is 227 g/mol. The Morgan fingerprint density at radius 3 is 3.14 bits per heavy atom. The van der Waals surface area contributed by atoms with Crippen LogP contribution in [-0.2, 0) is 0 Å². The molecule has 1 nitrogen and oxygen atoms in total. The molecule has 3 heteroatoms. The molecular formula is C11H17NS2. The molecule has 78 valence electrons. The molecule has 1 atom stereocenters. The van der Waals surface area contributed by atoms with Crippen LogP contribution in [0.5, 0.6) is 0 Å². The van der Waals surface area contributed by atoms with Gasteiger partial charge in [-0.15, -0.1) is 23.1 Å². The molecule has 1 aliphatic carbocycles. The minimum Gasteiger partial charge on any atom is -0.314 e. The Morgan fingerprint density at radius 2 is 2.50 bits per heavy atom. The quantitative estimate of drug-likeness (QED) is 0.749. The van der Waals surface area contributed by atoms with Gasteiger partial charge in [0.25, 0.3) is 0 Å². The summed E-state index contributed by atoms with van der Waals surface area (Å²) in [5.74, 6) is 2.02. The number of thioether (sulfide) groups is 1. The van der Waals surface area contributed by atoms with Gasteiger partial charge in [0.05, 0.1) is 4.21 Å². The largest absolute Gasteiger partial charge is 0.314 e. The van der Waals surface area contributed by atoms with Crippen LogP contribution in [0.1, 0.15) is 19.8 Å². The minimum absolute atomic E-state index is 0.780. The summed E-state index contributed by atoms with van der Waals surface area (Å²) in [5.41, 5.74) is 0. The van der Waals surface area contributed by atoms with Crippen LogP contribution in [-0.4, -0.2) is 18.3 Å². The molecule has 1 heterocycles. The van der Waals surface area contributed by atoms with Gasteiger partial charge in [-0.1, -0.05) is 13.0 Å². The van der Waals surface area contributed by atoms with Crippen LogP contribution in [0, 0.1) is 5.92 Å². The molecular weight excluding hydrogens is 210 g/mol. The van der Waals surface area contributed by atoms with Crippen molar-refractivity contribution in [2.45, 2.75) is 30.0 Å². The third kappa shape index (κ3) is 3.64. The van der Waals surface area contributed by atoms with Crippen molar-refractivity contribution in [1.29, 1.82) is 0 Å². The molecule has 1 aliphatic rings. The number of hydrogen-bond acceptors (Lipinski definition) is 3. The normalized spacial score (nSPS) is 18.4. The summed E-state index contributed by atoms with van der Waals surface area (Å²) in [5, 5.41) is 5.72. The van der Waals surface area contributed by atoms with E-state index in [0.29, 0.717) is 0 Å². The summed E-state index contributed by atoms with van der Waals surface area (Å²) in [6.45, 7) is 3.51. The molecule has 1 unspecified atom stereocenters. The van der Waals surface area contributed by atoms with Crippen LogP contribution in [0.25, 0.3) is 0 Å². The zero-order valence-electron chi connectivity index (χ0n) is 8.53. The van der Waals surface area contributed by atoms with Crippen molar-refractivity contribution >= 4 is 23.1 Å². The van der Waals surface area contributed by atoms with Crippen molar-refractivity contribution in [3.05, 3.63) is 17.5 Å². The first-order chi connectivity index (χ1) is 6.84. The van der Waals surface area contributed by atoms with E-state index >= 15 is 0 Å². The molecule has 1 fully saturated rings. The van der Waals surface area contributed by atoms with E-state index in [9.17, 15) is 0 Å². The maximum Gasteiger partial charge on any atom is 0.0598 e. The van der Waals surface area contributed by atoms with Gasteiger partial charge >= 0.3 is 0 Å². The highest BCUT2D eigenvalue weighted by molar-refractivity contribution is 8.01. The van der Waals surface area contributed by atoms with Gasteiger partial charge in [0.2, 0.25) is 0 Å². The summed E-state index contributed by atoms with van der Waals surface area (Å²) in [4.78, 5) is 0. The molecule has 1 aromatic heterocycles. The lowest BCUT2D eigenvalue weighted by Gasteiger charge is -2.10. The number of rotatable bonds is 6. The summed E-state index contributed by atoms with van der Waals surface area (Å²) in [6, 6.07) is 5.18. The first kappa shape index (κ1) is 10.5. The molecule has 1 N–H and O–H groups in total. The molecule has 0 amide bonds. The molecule has 1 aromatic rings. The van der Waals surface area contributed by atoms with Crippen LogP contribution in [0.15, 0.2) is 21.7 Å². The lowest BCUT2D eigenvalue weighted by atomic mass is 10.2. The Hall–Kier alpha value is 0.01000. The van der Waals surface area contributed by atoms with Gasteiger partial charge in [-0.3, -0.25) is 0 Å². The van der Waals surface area contributed by atoms with Crippen molar-refractivity contribution in [3.63, 3.8) is 0 Å². The van der Waals surface area contributed by atoms with Crippen molar-refractivity contribution < 1.29 is 0 Å². The smallest absolute Gasteiger partial charge is 0.0598 e. The van der Waals surface area contributed by atoms with Crippen LogP contribution in [0.3, 0.4) is 0 Å². The molecule has 0 radical (unpaired) electrons. The molecule has 1 saturated carbocycles. The molecule has 0 aliphatic heterocycles. The second-order valence-electron chi connectivity index (χ2n) is 4.03. The fraction of sp³-hybridized carbons (Fsp3) is 0.636. The number of hydrogen-bond donors (Lipinski definition) is 1. The van der Waals surface area contributed by atoms with E-state index in [-0.39, 0.29) is 0 Å². The second-order valence-corrected chi connectivity index (χ2v) is 6.30. The predicted octanol–water partition coefficient (Wildman–Crippen LogP) is 3.23. The van der Waals surface area contributed by atoms with E-state index in [1.807, 2.05) is 23.1 Å². The third-order valence-electron chi connectivity index (χ3n) is 2.34. The first-order valence-corrected chi connectivity index (χ1v) is 7.11. The van der Waals surface area contributed by atoms with Crippen LogP contribution in [0.4, 0.5) is 0 Å². The number of thiophene rings is 1. The highest BCUT2D eigenvalue weighted by Gasteiger charge is 2.20. The molecule has 0 saturated heterocycles. The van der Waals surface area contributed by atoms with E-state index in [0.717, 1.165) is 12.0 Å². The highest BCUT2D eigenvalue weighted by Crippen LogP contribution is 2.25. The Bertz CT molecular complexity index is 254. The van der Waals surface area contributed by atoms with E-state index in [4.69, 9.17) is 0 Å². The fourth-order valence-electron chi connectivity index (χ4n) is 1.28. The predicted molar refractivity (Wildman–Crippen MR) is 65.2 cm³/mol. The zero-order valence-corrected chi connectivity index (χ0v) is 10.2. The lowest BCUT2D eigenvalue weighted by molar-refractivity contribution is 0.557. The van der Waals surface area contributed by atoms with Gasteiger partial charge < -0.3 is 5.32 Å². The topological polar surface area (TPSA) is 12.0 Å². The van der Waals surface area contributed by atoms with E-state index < -0.39 is 0 Å². The van der Waals surface area contributed by atoms with Crippen molar-refractivity contribution in [2.75, 3.05) is 12.3 Å². The zero-order chi connectivity index (χ0) is 9.80. The summed E-state index contributed by atoms with van der Waals surface area (Å²) < 4.78 is 1.45. The molecule has 0 spiro atoms. The summed E-state index contributed by atoms with van der Waals surface area (Å²) in [6.07, 6.45) is 2.79. The van der Waals surface area contributed by atoms with Gasteiger partial charge in [0.1, 0.15) is 0 Å². The average molecular weight is 227 g/mol. The van der Waals surface area contributed by atoms with Crippen LogP contribution >= 0.6 is 23.1 Å². The Kier molecular flexibility index (Phi) is 3.90. The van der Waals surface area contributed by atoms with Gasteiger partial charge in [0.15, 0.2) is 0 Å². The van der Waals surface area contributed by atoms with E-state index in [1.54, 1.807) is 0 Å². The molecule has 2 rings (SSSR count). The molecule has 0 aromatic carbocycles.